The van der Waals surface area contributed by atoms with Crippen molar-refractivity contribution in [3.63, 3.8) is 0 Å². The zero-order valence-electron chi connectivity index (χ0n) is 7.06. The van der Waals surface area contributed by atoms with E-state index >= 15 is 0 Å². The third-order valence-corrected chi connectivity index (χ3v) is 4.67. The predicted molar refractivity (Wildman–Crippen MR) is 63.2 cm³/mol. The van der Waals surface area contributed by atoms with Crippen molar-refractivity contribution in [2.45, 2.75) is 0 Å². The van der Waals surface area contributed by atoms with Crippen LogP contribution in [0.5, 0.6) is 0 Å². The summed E-state index contributed by atoms with van der Waals surface area (Å²) in [5.41, 5.74) is 1.81. The Morgan fingerprint density at radius 1 is 1.14 bits per heavy atom. The van der Waals surface area contributed by atoms with E-state index in [1.54, 1.807) is 20.7 Å². The molecule has 68 valence electrons. The van der Waals surface area contributed by atoms with Crippen LogP contribution in [0.3, 0.4) is 0 Å². The van der Waals surface area contributed by atoms with Crippen LogP contribution in [0.15, 0.2) is 30.3 Å². The molecule has 2 aromatic rings. The molecule has 1 heterocycles. The van der Waals surface area contributed by atoms with Crippen molar-refractivity contribution < 1.29 is 0 Å². The third-order valence-electron chi connectivity index (χ3n) is 1.76. The molecule has 1 aromatic carbocycles. The molecule has 0 saturated carbocycles. The van der Waals surface area contributed by atoms with E-state index in [2.05, 4.69) is 6.07 Å². The van der Waals surface area contributed by atoms with Crippen molar-refractivity contribution in [1.82, 2.24) is 0 Å². The third kappa shape index (κ3) is 1.90. The summed E-state index contributed by atoms with van der Waals surface area (Å²) in [6, 6.07) is 11.6. The van der Waals surface area contributed by atoms with Gasteiger partial charge in [-0.05, 0) is 23.8 Å². The molecule has 1 aromatic heterocycles. The molecular formula is C10H5NS3. The zero-order valence-corrected chi connectivity index (χ0v) is 9.51. The summed E-state index contributed by atoms with van der Waals surface area (Å²) in [5, 5.41) is 8.64. The van der Waals surface area contributed by atoms with Crippen LogP contribution in [-0.4, -0.2) is 0 Å². The fourth-order valence-electron chi connectivity index (χ4n) is 1.08. The van der Waals surface area contributed by atoms with Gasteiger partial charge >= 0.3 is 0 Å². The van der Waals surface area contributed by atoms with Crippen molar-refractivity contribution in [3.05, 3.63) is 39.7 Å². The molecule has 0 aliphatic carbocycles. The highest BCUT2D eigenvalue weighted by molar-refractivity contribution is 7.80. The Morgan fingerprint density at radius 2 is 1.86 bits per heavy atom. The maximum atomic E-state index is 8.64. The van der Waals surface area contributed by atoms with E-state index in [1.165, 1.54) is 4.88 Å². The van der Waals surface area contributed by atoms with Gasteiger partial charge in [0.25, 0.3) is 0 Å². The van der Waals surface area contributed by atoms with Gasteiger partial charge in [0.15, 0.2) is 0 Å². The highest BCUT2D eigenvalue weighted by Gasteiger charge is 1.99. The molecule has 0 fully saturated rings. The standard InChI is InChI=1S/C10H5NS3/c11-6-7-1-3-8(4-2-7)9-5-10(12)14-13-9/h1-5H. The fraction of sp³-hybridized carbons (Fsp3) is 0. The zero-order chi connectivity index (χ0) is 9.97. The van der Waals surface area contributed by atoms with Crippen LogP contribution in [0.4, 0.5) is 0 Å². The Hall–Kier alpha value is -1.02. The quantitative estimate of drug-likeness (QED) is 0.549. The molecule has 4 heteroatoms. The molecule has 0 amide bonds. The number of nitrogens with zero attached hydrogens (tertiary/aromatic N) is 1. The van der Waals surface area contributed by atoms with Crippen molar-refractivity contribution in [2.75, 3.05) is 0 Å². The molecule has 1 nitrogen and oxygen atoms in total. The lowest BCUT2D eigenvalue weighted by Gasteiger charge is -1.94. The van der Waals surface area contributed by atoms with E-state index in [4.69, 9.17) is 17.5 Å². The fourth-order valence-corrected chi connectivity index (χ4v) is 3.48. The van der Waals surface area contributed by atoms with E-state index < -0.39 is 0 Å². The topological polar surface area (TPSA) is 23.8 Å². The Kier molecular flexibility index (Phi) is 2.73. The second-order valence-electron chi connectivity index (χ2n) is 2.68. The Balaban J connectivity index is 2.44. The first-order valence-corrected chi connectivity index (χ1v) is 6.46. The first-order valence-electron chi connectivity index (χ1n) is 3.90. The van der Waals surface area contributed by atoms with Crippen molar-refractivity contribution >= 4 is 32.9 Å². The van der Waals surface area contributed by atoms with Crippen molar-refractivity contribution in [3.8, 4) is 16.5 Å². The summed E-state index contributed by atoms with van der Waals surface area (Å²) in [6.07, 6.45) is 0. The molecular weight excluding hydrogens is 230 g/mol. The molecule has 0 saturated heterocycles. The van der Waals surface area contributed by atoms with Gasteiger partial charge in [0, 0.05) is 4.88 Å². The van der Waals surface area contributed by atoms with E-state index in [1.807, 2.05) is 30.3 Å². The Morgan fingerprint density at radius 3 is 2.36 bits per heavy atom. The SMILES string of the molecule is N#Cc1ccc(-c2cc(=S)ss2)cc1. The summed E-state index contributed by atoms with van der Waals surface area (Å²) in [5.74, 6) is 0. The number of benzene rings is 1. The molecule has 2 rings (SSSR count). The highest BCUT2D eigenvalue weighted by Crippen LogP contribution is 2.29. The second-order valence-corrected chi connectivity index (χ2v) is 5.59. The average molecular weight is 235 g/mol. The molecule has 14 heavy (non-hydrogen) atoms. The number of rotatable bonds is 1. The Labute approximate surface area is 94.3 Å². The van der Waals surface area contributed by atoms with Crippen LogP contribution in [0.2, 0.25) is 0 Å². The van der Waals surface area contributed by atoms with Crippen LogP contribution in [0.25, 0.3) is 10.4 Å². The summed E-state index contributed by atoms with van der Waals surface area (Å²) in [7, 11) is 3.27. The molecule has 0 N–H and O–H groups in total. The molecule has 0 spiro atoms. The van der Waals surface area contributed by atoms with Gasteiger partial charge in [-0.3, -0.25) is 0 Å². The lowest BCUT2D eigenvalue weighted by Crippen LogP contribution is -1.74. The lowest BCUT2D eigenvalue weighted by molar-refractivity contribution is 1.49. The van der Waals surface area contributed by atoms with E-state index in [9.17, 15) is 0 Å². The molecule has 0 aliphatic rings. The molecule has 0 bridgehead atoms. The van der Waals surface area contributed by atoms with Gasteiger partial charge < -0.3 is 0 Å². The largest absolute Gasteiger partial charge is 0.192 e. The maximum absolute atomic E-state index is 8.64. The van der Waals surface area contributed by atoms with Crippen LogP contribution in [0.1, 0.15) is 5.56 Å². The van der Waals surface area contributed by atoms with Gasteiger partial charge in [0.2, 0.25) is 0 Å². The number of hydrogen-bond donors (Lipinski definition) is 0. The minimum absolute atomic E-state index is 0.688. The van der Waals surface area contributed by atoms with Crippen LogP contribution in [-0.2, 0) is 0 Å². The van der Waals surface area contributed by atoms with Gasteiger partial charge in [-0.25, -0.2) is 0 Å². The lowest BCUT2D eigenvalue weighted by atomic mass is 10.1. The number of hydrogen-bond acceptors (Lipinski definition) is 4. The smallest absolute Gasteiger partial charge is 0.102 e. The summed E-state index contributed by atoms with van der Waals surface area (Å²) >= 11 is 5.06. The highest BCUT2D eigenvalue weighted by atomic mass is 32.9. The monoisotopic (exact) mass is 235 g/mol. The predicted octanol–water partition coefficient (Wildman–Crippen LogP) is 4.08. The van der Waals surface area contributed by atoms with Gasteiger partial charge in [0.05, 0.1) is 11.6 Å². The van der Waals surface area contributed by atoms with Gasteiger partial charge in [-0.15, -0.1) is 0 Å². The Bertz CT molecular complexity index is 527. The minimum atomic E-state index is 0.688. The first-order chi connectivity index (χ1) is 6.79. The van der Waals surface area contributed by atoms with Crippen LogP contribution >= 0.6 is 32.9 Å². The summed E-state index contributed by atoms with van der Waals surface area (Å²) in [4.78, 5) is 1.17. The normalized spacial score (nSPS) is 9.64. The summed E-state index contributed by atoms with van der Waals surface area (Å²) in [6.45, 7) is 0. The summed E-state index contributed by atoms with van der Waals surface area (Å²) < 4.78 is 0.911. The van der Waals surface area contributed by atoms with Crippen LogP contribution in [0, 0.1) is 15.2 Å². The molecule has 0 unspecified atom stereocenters. The second kappa shape index (κ2) is 4.01. The van der Waals surface area contributed by atoms with Crippen molar-refractivity contribution in [2.24, 2.45) is 0 Å². The minimum Gasteiger partial charge on any atom is -0.192 e. The van der Waals surface area contributed by atoms with Crippen LogP contribution < -0.4 is 0 Å². The molecule has 0 radical (unpaired) electrons. The van der Waals surface area contributed by atoms with Gasteiger partial charge in [0.1, 0.15) is 3.82 Å². The maximum Gasteiger partial charge on any atom is 0.102 e. The van der Waals surface area contributed by atoms with E-state index in [0.717, 1.165) is 9.39 Å². The van der Waals surface area contributed by atoms with E-state index in [-0.39, 0.29) is 0 Å². The average Bonchev–Trinajstić information content (AvgIpc) is 2.65. The molecule has 0 atom stereocenters. The first kappa shape index (κ1) is 9.53. The number of nitriles is 1. The molecule has 0 aliphatic heterocycles. The van der Waals surface area contributed by atoms with E-state index in [0.29, 0.717) is 5.56 Å². The van der Waals surface area contributed by atoms with Gasteiger partial charge in [-0.2, -0.15) is 5.26 Å². The van der Waals surface area contributed by atoms with Gasteiger partial charge in [-0.1, -0.05) is 45.0 Å². The van der Waals surface area contributed by atoms with Crippen molar-refractivity contribution in [1.29, 1.82) is 5.26 Å².